The van der Waals surface area contributed by atoms with Gasteiger partial charge in [-0.2, -0.15) is 0 Å². The van der Waals surface area contributed by atoms with Crippen LogP contribution < -0.4 is 14.8 Å². The number of carbonyl (C=O) groups is 2. The summed E-state index contributed by atoms with van der Waals surface area (Å²) in [6.45, 7) is 5.21. The number of urea groups is 1. The average molecular weight is 424 g/mol. The molecule has 7 nitrogen and oxygen atoms in total. The third-order valence-electron chi connectivity index (χ3n) is 6.14. The number of rotatable bonds is 6. The molecule has 1 N–H and O–H groups in total. The number of methoxy groups -OCH3 is 2. The molecule has 1 saturated heterocycles. The first-order valence-electron chi connectivity index (χ1n) is 10.5. The fourth-order valence-electron chi connectivity index (χ4n) is 4.51. The topological polar surface area (TPSA) is 71.1 Å². The summed E-state index contributed by atoms with van der Waals surface area (Å²) in [5.74, 6) is 1.24. The molecule has 4 rings (SSSR count). The highest BCUT2D eigenvalue weighted by molar-refractivity contribution is 6.06. The number of nitrogens with zero attached hydrogens (tertiary/aromatic N) is 2. The molecule has 3 amide bonds. The second-order valence-electron chi connectivity index (χ2n) is 8.52. The van der Waals surface area contributed by atoms with E-state index in [2.05, 4.69) is 34.5 Å². The summed E-state index contributed by atoms with van der Waals surface area (Å²) in [7, 11) is 3.29. The Labute approximate surface area is 182 Å². The number of hydrogen-bond acceptors (Lipinski definition) is 5. The Hall–Kier alpha value is -3.06. The molecule has 0 aromatic heterocycles. The minimum atomic E-state index is -0.853. The van der Waals surface area contributed by atoms with E-state index >= 15 is 0 Å². The first-order chi connectivity index (χ1) is 14.9. The summed E-state index contributed by atoms with van der Waals surface area (Å²) in [5, 5.41) is 2.76. The molecule has 1 atom stereocenters. The first-order valence-corrected chi connectivity index (χ1v) is 10.5. The van der Waals surface area contributed by atoms with Crippen LogP contribution in [0.2, 0.25) is 0 Å². The lowest BCUT2D eigenvalue weighted by molar-refractivity contribution is -0.130. The minimum absolute atomic E-state index is 0.00136. The standard InChI is InChI=1S/C24H29N3O4/c1-24(2)22(28)27(23(29)25-24)13-12-26-11-10-17-14-19(30-3)20(31-4)15-18(17)21(26)16-8-6-5-7-9-16/h5-9,14-15,21H,10-13H2,1-4H3,(H,25,29). The molecule has 31 heavy (non-hydrogen) atoms. The van der Waals surface area contributed by atoms with Gasteiger partial charge in [-0.05, 0) is 49.1 Å². The van der Waals surface area contributed by atoms with Crippen molar-refractivity contribution in [3.8, 4) is 11.5 Å². The van der Waals surface area contributed by atoms with E-state index in [0.717, 1.165) is 29.8 Å². The van der Waals surface area contributed by atoms with Crippen molar-refractivity contribution < 1.29 is 19.1 Å². The van der Waals surface area contributed by atoms with Gasteiger partial charge in [-0.3, -0.25) is 14.6 Å². The predicted molar refractivity (Wildman–Crippen MR) is 117 cm³/mol. The largest absolute Gasteiger partial charge is 0.493 e. The Bertz CT molecular complexity index is 990. The Morgan fingerprint density at radius 1 is 1.03 bits per heavy atom. The maximum absolute atomic E-state index is 12.6. The van der Waals surface area contributed by atoms with Crippen molar-refractivity contribution in [2.45, 2.75) is 31.8 Å². The van der Waals surface area contributed by atoms with Gasteiger partial charge in [-0.25, -0.2) is 4.79 Å². The van der Waals surface area contributed by atoms with Crippen LogP contribution in [0.3, 0.4) is 0 Å². The Kier molecular flexibility index (Phi) is 5.62. The SMILES string of the molecule is COc1cc2c(cc1OC)C(c1ccccc1)N(CCN1C(=O)NC(C)(C)C1=O)CC2. The molecule has 2 aromatic rings. The monoisotopic (exact) mass is 423 g/mol. The highest BCUT2D eigenvalue weighted by Gasteiger charge is 2.44. The van der Waals surface area contributed by atoms with Gasteiger partial charge in [0.15, 0.2) is 11.5 Å². The van der Waals surface area contributed by atoms with E-state index in [9.17, 15) is 9.59 Å². The van der Waals surface area contributed by atoms with Crippen LogP contribution in [0.4, 0.5) is 4.79 Å². The van der Waals surface area contributed by atoms with Gasteiger partial charge < -0.3 is 14.8 Å². The predicted octanol–water partition coefficient (Wildman–Crippen LogP) is 2.98. The van der Waals surface area contributed by atoms with E-state index in [1.54, 1.807) is 28.1 Å². The molecular formula is C24H29N3O4. The summed E-state index contributed by atoms with van der Waals surface area (Å²) in [5.41, 5.74) is 2.69. The smallest absolute Gasteiger partial charge is 0.325 e. The summed E-state index contributed by atoms with van der Waals surface area (Å²) in [6, 6.07) is 14.1. The fourth-order valence-corrected chi connectivity index (χ4v) is 4.51. The molecule has 0 radical (unpaired) electrons. The van der Waals surface area contributed by atoms with Crippen molar-refractivity contribution in [2.24, 2.45) is 0 Å². The van der Waals surface area contributed by atoms with E-state index in [-0.39, 0.29) is 18.0 Å². The molecule has 7 heteroatoms. The highest BCUT2D eigenvalue weighted by Crippen LogP contribution is 2.40. The van der Waals surface area contributed by atoms with Crippen molar-refractivity contribution in [3.05, 3.63) is 59.2 Å². The van der Waals surface area contributed by atoms with Gasteiger partial charge in [-0.1, -0.05) is 30.3 Å². The van der Waals surface area contributed by atoms with Crippen LogP contribution in [-0.4, -0.2) is 61.1 Å². The van der Waals surface area contributed by atoms with Gasteiger partial charge in [0.05, 0.1) is 20.3 Å². The number of nitrogens with one attached hydrogen (secondary N) is 1. The molecule has 1 fully saturated rings. The number of hydrogen-bond donors (Lipinski definition) is 1. The molecule has 2 aliphatic rings. The van der Waals surface area contributed by atoms with Crippen molar-refractivity contribution in [2.75, 3.05) is 33.9 Å². The van der Waals surface area contributed by atoms with E-state index in [1.807, 2.05) is 18.2 Å². The molecule has 164 valence electrons. The molecule has 0 spiro atoms. The van der Waals surface area contributed by atoms with Gasteiger partial charge in [0, 0.05) is 19.6 Å². The number of amides is 3. The number of imide groups is 1. The zero-order valence-electron chi connectivity index (χ0n) is 18.5. The Morgan fingerprint density at radius 3 is 2.32 bits per heavy atom. The first kappa shape index (κ1) is 21.2. The van der Waals surface area contributed by atoms with Crippen LogP contribution in [0.5, 0.6) is 11.5 Å². The quantitative estimate of drug-likeness (QED) is 0.724. The molecule has 2 heterocycles. The van der Waals surface area contributed by atoms with E-state index in [4.69, 9.17) is 9.47 Å². The lowest BCUT2D eigenvalue weighted by atomic mass is 9.87. The fraction of sp³-hybridized carbons (Fsp3) is 0.417. The minimum Gasteiger partial charge on any atom is -0.493 e. The Morgan fingerprint density at radius 2 is 1.71 bits per heavy atom. The molecule has 0 aliphatic carbocycles. The molecule has 2 aromatic carbocycles. The third kappa shape index (κ3) is 3.85. The average Bonchev–Trinajstić information content (AvgIpc) is 2.97. The second kappa shape index (κ2) is 8.23. The van der Waals surface area contributed by atoms with Crippen molar-refractivity contribution in [3.63, 3.8) is 0 Å². The molecule has 0 bridgehead atoms. The number of fused-ring (bicyclic) bond motifs is 1. The Balaban J connectivity index is 1.66. The normalized spacial score (nSPS) is 20.4. The second-order valence-corrected chi connectivity index (χ2v) is 8.52. The summed E-state index contributed by atoms with van der Waals surface area (Å²) >= 11 is 0. The summed E-state index contributed by atoms with van der Waals surface area (Å²) in [4.78, 5) is 28.6. The van der Waals surface area contributed by atoms with Crippen LogP contribution >= 0.6 is 0 Å². The van der Waals surface area contributed by atoms with Crippen LogP contribution in [-0.2, 0) is 11.2 Å². The highest BCUT2D eigenvalue weighted by atomic mass is 16.5. The van der Waals surface area contributed by atoms with Crippen LogP contribution in [0.25, 0.3) is 0 Å². The number of carbonyl (C=O) groups excluding carboxylic acids is 2. The maximum atomic E-state index is 12.6. The van der Waals surface area contributed by atoms with Gasteiger partial charge in [0.1, 0.15) is 5.54 Å². The van der Waals surface area contributed by atoms with E-state index in [0.29, 0.717) is 18.8 Å². The van der Waals surface area contributed by atoms with Gasteiger partial charge >= 0.3 is 6.03 Å². The van der Waals surface area contributed by atoms with Crippen LogP contribution in [0.1, 0.15) is 36.6 Å². The maximum Gasteiger partial charge on any atom is 0.325 e. The lowest BCUT2D eigenvalue weighted by Gasteiger charge is -2.38. The van der Waals surface area contributed by atoms with E-state index < -0.39 is 5.54 Å². The van der Waals surface area contributed by atoms with Gasteiger partial charge in [-0.15, -0.1) is 0 Å². The van der Waals surface area contributed by atoms with Crippen molar-refractivity contribution >= 4 is 11.9 Å². The molecular weight excluding hydrogens is 394 g/mol. The summed E-state index contributed by atoms with van der Waals surface area (Å²) in [6.07, 6.45) is 0.852. The molecule has 1 unspecified atom stereocenters. The van der Waals surface area contributed by atoms with Crippen molar-refractivity contribution in [1.29, 1.82) is 0 Å². The van der Waals surface area contributed by atoms with Crippen LogP contribution in [0, 0.1) is 0 Å². The third-order valence-corrected chi connectivity index (χ3v) is 6.14. The van der Waals surface area contributed by atoms with Crippen LogP contribution in [0.15, 0.2) is 42.5 Å². The zero-order valence-corrected chi connectivity index (χ0v) is 18.5. The molecule has 2 aliphatic heterocycles. The van der Waals surface area contributed by atoms with Crippen molar-refractivity contribution in [1.82, 2.24) is 15.1 Å². The van der Waals surface area contributed by atoms with E-state index in [1.165, 1.54) is 10.5 Å². The summed E-state index contributed by atoms with van der Waals surface area (Å²) < 4.78 is 11.1. The number of ether oxygens (including phenoxy) is 2. The lowest BCUT2D eigenvalue weighted by Crippen LogP contribution is -2.44. The van der Waals surface area contributed by atoms with Gasteiger partial charge in [0.2, 0.25) is 0 Å². The molecule has 0 saturated carbocycles. The number of benzene rings is 2. The zero-order chi connectivity index (χ0) is 22.2. The van der Waals surface area contributed by atoms with Gasteiger partial charge in [0.25, 0.3) is 5.91 Å².